The van der Waals surface area contributed by atoms with Crippen LogP contribution in [0.15, 0.2) is 23.1 Å². The summed E-state index contributed by atoms with van der Waals surface area (Å²) < 4.78 is 30.8. The molecule has 1 aromatic carbocycles. The van der Waals surface area contributed by atoms with E-state index >= 15 is 0 Å². The fraction of sp³-hybridized carbons (Fsp3) is 0.500. The normalized spacial score (nSPS) is 12.6. The lowest BCUT2D eigenvalue weighted by atomic mass is 10.1. The molecule has 0 spiro atoms. The topological polar surface area (TPSA) is 63.6 Å². The second kappa shape index (κ2) is 8.11. The molecule has 0 bridgehead atoms. The number of hydrogen-bond acceptors (Lipinski definition) is 3. The van der Waals surface area contributed by atoms with E-state index in [4.69, 9.17) is 9.84 Å². The SMILES string of the molecule is CC(C)CCOCCS(=O)c1cc(C(=O)O)ccc1F. The minimum atomic E-state index is -1.60. The molecule has 6 heteroatoms. The van der Waals surface area contributed by atoms with Crippen molar-refractivity contribution < 1.29 is 23.2 Å². The van der Waals surface area contributed by atoms with Crippen LogP contribution in [0.2, 0.25) is 0 Å². The van der Waals surface area contributed by atoms with Crippen molar-refractivity contribution in [3.8, 4) is 0 Å². The van der Waals surface area contributed by atoms with Crippen LogP contribution in [0.25, 0.3) is 0 Å². The first kappa shape index (κ1) is 16.8. The Bertz CT molecular complexity index is 488. The van der Waals surface area contributed by atoms with Crippen LogP contribution in [0.3, 0.4) is 0 Å². The number of hydrogen-bond donors (Lipinski definition) is 1. The fourth-order valence-electron chi connectivity index (χ4n) is 1.48. The van der Waals surface area contributed by atoms with Crippen molar-refractivity contribution >= 4 is 16.8 Å². The van der Waals surface area contributed by atoms with Crippen LogP contribution < -0.4 is 0 Å². The Morgan fingerprint density at radius 3 is 2.70 bits per heavy atom. The lowest BCUT2D eigenvalue weighted by molar-refractivity contribution is 0.0696. The van der Waals surface area contributed by atoms with Gasteiger partial charge in [0.05, 0.1) is 33.6 Å². The highest BCUT2D eigenvalue weighted by molar-refractivity contribution is 7.85. The van der Waals surface area contributed by atoms with Gasteiger partial charge in [0.15, 0.2) is 0 Å². The first-order valence-corrected chi connectivity index (χ1v) is 7.72. The summed E-state index contributed by atoms with van der Waals surface area (Å²) in [6.45, 7) is 4.99. The van der Waals surface area contributed by atoms with Crippen molar-refractivity contribution in [1.82, 2.24) is 0 Å². The minimum Gasteiger partial charge on any atom is -0.478 e. The van der Waals surface area contributed by atoms with Crippen molar-refractivity contribution in [2.45, 2.75) is 25.2 Å². The Morgan fingerprint density at radius 2 is 2.10 bits per heavy atom. The number of rotatable bonds is 8. The molecule has 0 saturated carbocycles. The predicted molar refractivity (Wildman–Crippen MR) is 74.9 cm³/mol. The quantitative estimate of drug-likeness (QED) is 0.750. The first-order chi connectivity index (χ1) is 9.41. The van der Waals surface area contributed by atoms with Gasteiger partial charge in [-0.05, 0) is 30.5 Å². The van der Waals surface area contributed by atoms with E-state index in [0.717, 1.165) is 24.6 Å². The van der Waals surface area contributed by atoms with Crippen molar-refractivity contribution in [3.05, 3.63) is 29.6 Å². The molecule has 1 rings (SSSR count). The highest BCUT2D eigenvalue weighted by Gasteiger charge is 2.13. The maximum atomic E-state index is 13.5. The van der Waals surface area contributed by atoms with Crippen LogP contribution in [0.1, 0.15) is 30.6 Å². The Morgan fingerprint density at radius 1 is 1.40 bits per heavy atom. The molecule has 0 aliphatic carbocycles. The summed E-state index contributed by atoms with van der Waals surface area (Å²) in [7, 11) is -1.60. The van der Waals surface area contributed by atoms with E-state index in [1.807, 2.05) is 0 Å². The number of carbonyl (C=O) groups is 1. The first-order valence-electron chi connectivity index (χ1n) is 6.40. The van der Waals surface area contributed by atoms with Gasteiger partial charge in [-0.1, -0.05) is 13.8 Å². The van der Waals surface area contributed by atoms with Gasteiger partial charge in [-0.15, -0.1) is 0 Å². The zero-order valence-corrected chi connectivity index (χ0v) is 12.4. The largest absolute Gasteiger partial charge is 0.478 e. The van der Waals surface area contributed by atoms with Crippen molar-refractivity contribution in [1.29, 1.82) is 0 Å². The average Bonchev–Trinajstić information content (AvgIpc) is 2.37. The number of benzene rings is 1. The molecule has 0 aromatic heterocycles. The van der Waals surface area contributed by atoms with E-state index in [1.165, 1.54) is 0 Å². The molecule has 0 radical (unpaired) electrons. The molecule has 0 amide bonds. The van der Waals surface area contributed by atoms with E-state index in [0.29, 0.717) is 12.5 Å². The molecule has 112 valence electrons. The lowest BCUT2D eigenvalue weighted by Crippen LogP contribution is -2.10. The standard InChI is InChI=1S/C14H19FO4S/c1-10(2)5-6-19-7-8-20(18)13-9-11(14(16)17)3-4-12(13)15/h3-4,9-10H,5-8H2,1-2H3,(H,16,17). The minimum absolute atomic E-state index is 0.0736. The Kier molecular flexibility index (Phi) is 6.81. The maximum absolute atomic E-state index is 13.5. The summed E-state index contributed by atoms with van der Waals surface area (Å²) in [5, 5.41) is 8.83. The van der Waals surface area contributed by atoms with Crippen LogP contribution in [0.4, 0.5) is 4.39 Å². The number of carboxylic acids is 1. The van der Waals surface area contributed by atoms with E-state index < -0.39 is 22.6 Å². The summed E-state index contributed by atoms with van der Waals surface area (Å²) in [6.07, 6.45) is 0.912. The molecule has 0 aliphatic heterocycles. The van der Waals surface area contributed by atoms with Gasteiger partial charge in [-0.2, -0.15) is 0 Å². The van der Waals surface area contributed by atoms with Crippen LogP contribution >= 0.6 is 0 Å². The molecule has 1 unspecified atom stereocenters. The summed E-state index contributed by atoms with van der Waals surface area (Å²) >= 11 is 0. The molecule has 1 aromatic rings. The lowest BCUT2D eigenvalue weighted by Gasteiger charge is -2.07. The van der Waals surface area contributed by atoms with E-state index in [9.17, 15) is 13.4 Å². The molecular formula is C14H19FO4S. The van der Waals surface area contributed by atoms with Gasteiger partial charge in [0, 0.05) is 6.61 Å². The van der Waals surface area contributed by atoms with Crippen LogP contribution in [0.5, 0.6) is 0 Å². The predicted octanol–water partition coefficient (Wildman–Crippen LogP) is 2.69. The maximum Gasteiger partial charge on any atom is 0.335 e. The third-order valence-corrected chi connectivity index (χ3v) is 4.02. The Balaban J connectivity index is 2.55. The molecule has 1 N–H and O–H groups in total. The smallest absolute Gasteiger partial charge is 0.335 e. The van der Waals surface area contributed by atoms with Gasteiger partial charge in [-0.25, -0.2) is 9.18 Å². The molecule has 4 nitrogen and oxygen atoms in total. The average molecular weight is 302 g/mol. The number of carboxylic acid groups (broad SMARTS) is 1. The number of halogens is 1. The number of aromatic carboxylic acids is 1. The van der Waals surface area contributed by atoms with Crippen LogP contribution in [0, 0.1) is 11.7 Å². The van der Waals surface area contributed by atoms with Crippen molar-refractivity contribution in [2.24, 2.45) is 5.92 Å². The van der Waals surface area contributed by atoms with Gasteiger partial charge in [-0.3, -0.25) is 4.21 Å². The van der Waals surface area contributed by atoms with Crippen molar-refractivity contribution in [3.63, 3.8) is 0 Å². The third-order valence-electron chi connectivity index (χ3n) is 2.68. The molecule has 0 aliphatic rings. The summed E-state index contributed by atoms with van der Waals surface area (Å²) in [5.41, 5.74) is -0.0736. The zero-order chi connectivity index (χ0) is 15.1. The van der Waals surface area contributed by atoms with Gasteiger partial charge in [0.2, 0.25) is 0 Å². The van der Waals surface area contributed by atoms with Gasteiger partial charge in [0.25, 0.3) is 0 Å². The Labute approximate surface area is 120 Å². The van der Waals surface area contributed by atoms with E-state index in [-0.39, 0.29) is 22.8 Å². The second-order valence-electron chi connectivity index (χ2n) is 4.79. The molecule has 0 saturated heterocycles. The van der Waals surface area contributed by atoms with Crippen LogP contribution in [-0.4, -0.2) is 34.3 Å². The highest BCUT2D eigenvalue weighted by atomic mass is 32.2. The molecule has 0 heterocycles. The highest BCUT2D eigenvalue weighted by Crippen LogP contribution is 2.15. The third kappa shape index (κ3) is 5.38. The zero-order valence-electron chi connectivity index (χ0n) is 11.6. The van der Waals surface area contributed by atoms with E-state index in [2.05, 4.69) is 13.8 Å². The number of ether oxygens (including phenoxy) is 1. The molecule has 0 fully saturated rings. The van der Waals surface area contributed by atoms with Gasteiger partial charge < -0.3 is 9.84 Å². The molecular weight excluding hydrogens is 283 g/mol. The monoisotopic (exact) mass is 302 g/mol. The molecule has 1 atom stereocenters. The summed E-state index contributed by atoms with van der Waals surface area (Å²) in [5.74, 6) is -1.14. The molecule has 20 heavy (non-hydrogen) atoms. The fourth-order valence-corrected chi connectivity index (χ4v) is 2.51. The summed E-state index contributed by atoms with van der Waals surface area (Å²) in [6, 6.07) is 3.29. The summed E-state index contributed by atoms with van der Waals surface area (Å²) in [4.78, 5) is 10.7. The van der Waals surface area contributed by atoms with Gasteiger partial charge in [0.1, 0.15) is 5.82 Å². The van der Waals surface area contributed by atoms with E-state index in [1.54, 1.807) is 0 Å². The Hall–Kier alpha value is -1.27. The van der Waals surface area contributed by atoms with Crippen molar-refractivity contribution in [2.75, 3.05) is 19.0 Å². The van der Waals surface area contributed by atoms with Crippen LogP contribution in [-0.2, 0) is 15.5 Å². The van der Waals surface area contributed by atoms with Gasteiger partial charge >= 0.3 is 5.97 Å². The second-order valence-corrected chi connectivity index (χ2v) is 6.33.